The Morgan fingerprint density at radius 3 is 1.08 bits per heavy atom. The number of aliphatic hydroxyl groups excluding tert-OH is 2. The van der Waals surface area contributed by atoms with Crippen molar-refractivity contribution in [2.45, 2.75) is 225 Å². The summed E-state index contributed by atoms with van der Waals surface area (Å²) >= 11 is 0. The summed E-state index contributed by atoms with van der Waals surface area (Å²) < 4.78 is 0. The van der Waals surface area contributed by atoms with Crippen molar-refractivity contribution in [1.29, 1.82) is 0 Å². The lowest BCUT2D eigenvalue weighted by atomic mass is 10.1. The molecule has 0 spiro atoms. The standard InChI is InChI=1S/C61H99NO3/c1-3-5-7-9-11-13-15-17-19-21-23-25-26-27-28-29-30-31-32-33-34-35-36-37-39-41-43-45-47-49-51-53-55-57-61(65)62-59(58-63)60(64)56-54-52-50-48-46-44-42-40-38-24-22-20-18-16-14-12-10-8-6-4-2/h5,7,11,13,17,19,23,25,27-28,30-31,33-34,36-38,40-41,43,46,48,54,56,59-60,63-64H,3-4,6,8-10,12,14-16,18,20-22,24,26,29,32,35,39,42,44-45,47,49-53,55,57-58H2,1-2H3,(H,62,65)/b7-5-,13-11-,19-17-,25-23-,28-27-,31-30-,34-33-,37-36-,40-38+,43-41-,48-46+,56-54+. The van der Waals surface area contributed by atoms with E-state index in [2.05, 4.69) is 153 Å². The molecule has 0 heterocycles. The number of carbonyl (C=O) groups is 1. The molecule has 0 fully saturated rings. The van der Waals surface area contributed by atoms with Gasteiger partial charge in [0.15, 0.2) is 0 Å². The number of aliphatic hydroxyl groups is 2. The fourth-order valence-electron chi connectivity index (χ4n) is 7.02. The van der Waals surface area contributed by atoms with Crippen LogP contribution in [0.5, 0.6) is 0 Å². The summed E-state index contributed by atoms with van der Waals surface area (Å²) in [6.45, 7) is 4.16. The van der Waals surface area contributed by atoms with Crippen LogP contribution in [0.4, 0.5) is 0 Å². The first-order chi connectivity index (χ1) is 32.2. The van der Waals surface area contributed by atoms with Crippen LogP contribution in [0, 0.1) is 0 Å². The number of unbranched alkanes of at least 4 members (excludes halogenated alkanes) is 17. The lowest BCUT2D eigenvalue weighted by Crippen LogP contribution is -2.45. The van der Waals surface area contributed by atoms with Crippen LogP contribution in [0.3, 0.4) is 0 Å². The van der Waals surface area contributed by atoms with Crippen LogP contribution in [0.15, 0.2) is 146 Å². The van der Waals surface area contributed by atoms with Gasteiger partial charge in [-0.25, -0.2) is 0 Å². The maximum Gasteiger partial charge on any atom is 0.220 e. The smallest absolute Gasteiger partial charge is 0.220 e. The lowest BCUT2D eigenvalue weighted by molar-refractivity contribution is -0.123. The Hall–Kier alpha value is -3.73. The van der Waals surface area contributed by atoms with Crippen LogP contribution < -0.4 is 5.32 Å². The van der Waals surface area contributed by atoms with E-state index in [1.807, 2.05) is 6.08 Å². The molecule has 0 saturated carbocycles. The van der Waals surface area contributed by atoms with E-state index in [0.717, 1.165) is 116 Å². The Labute approximate surface area is 402 Å². The molecule has 4 heteroatoms. The molecule has 0 rings (SSSR count). The Morgan fingerprint density at radius 2 is 0.692 bits per heavy atom. The van der Waals surface area contributed by atoms with Gasteiger partial charge < -0.3 is 15.5 Å². The third-order valence-electron chi connectivity index (χ3n) is 11.0. The van der Waals surface area contributed by atoms with Gasteiger partial charge in [-0.15, -0.1) is 0 Å². The first-order valence-electron chi connectivity index (χ1n) is 26.5. The second kappa shape index (κ2) is 54.6. The molecule has 0 saturated heterocycles. The monoisotopic (exact) mass is 894 g/mol. The average molecular weight is 894 g/mol. The number of carbonyl (C=O) groups excluding carboxylic acids is 1. The van der Waals surface area contributed by atoms with Gasteiger partial charge in [-0.05, 0) is 116 Å². The van der Waals surface area contributed by atoms with Gasteiger partial charge in [0, 0.05) is 6.42 Å². The Bertz CT molecular complexity index is 1380. The van der Waals surface area contributed by atoms with Crippen LogP contribution in [0.25, 0.3) is 0 Å². The molecule has 0 aromatic carbocycles. The summed E-state index contributed by atoms with van der Waals surface area (Å²) in [6.07, 6.45) is 86.9. The molecule has 4 nitrogen and oxygen atoms in total. The van der Waals surface area contributed by atoms with Gasteiger partial charge in [-0.1, -0.05) is 237 Å². The maximum atomic E-state index is 12.4. The Kier molecular flexibility index (Phi) is 51.5. The summed E-state index contributed by atoms with van der Waals surface area (Å²) in [4.78, 5) is 12.4. The minimum atomic E-state index is -0.890. The van der Waals surface area contributed by atoms with Gasteiger partial charge in [0.25, 0.3) is 0 Å². The molecule has 0 aromatic heterocycles. The molecule has 65 heavy (non-hydrogen) atoms. The van der Waals surface area contributed by atoms with Crippen molar-refractivity contribution in [3.8, 4) is 0 Å². The van der Waals surface area contributed by atoms with Crippen molar-refractivity contribution in [3.05, 3.63) is 146 Å². The third kappa shape index (κ3) is 51.1. The average Bonchev–Trinajstić information content (AvgIpc) is 3.31. The molecule has 1 amide bonds. The van der Waals surface area contributed by atoms with Crippen molar-refractivity contribution in [2.75, 3.05) is 6.61 Å². The summed E-state index contributed by atoms with van der Waals surface area (Å²) in [7, 11) is 0. The van der Waals surface area contributed by atoms with E-state index in [1.165, 1.54) is 77.0 Å². The molecule has 0 aliphatic carbocycles. The molecule has 2 atom stereocenters. The SMILES string of the molecule is CC/C=C\C/C=C\C/C=C\C/C=C\C/C=C\C/C=C\C/C=C\C/C=C\C/C=C\CCCCCCCC(=O)NC(CO)C(O)/C=C/CC/C=C/CC/C=C/CCCCCCCCCCCC. The van der Waals surface area contributed by atoms with Crippen molar-refractivity contribution in [3.63, 3.8) is 0 Å². The summed E-state index contributed by atoms with van der Waals surface area (Å²) in [5, 5.41) is 23.1. The van der Waals surface area contributed by atoms with Crippen molar-refractivity contribution in [2.24, 2.45) is 0 Å². The second-order valence-corrected chi connectivity index (χ2v) is 17.2. The number of nitrogens with one attached hydrogen (secondary N) is 1. The quantitative estimate of drug-likeness (QED) is 0.0421. The minimum absolute atomic E-state index is 0.103. The normalized spacial score (nSPS) is 14.1. The fourth-order valence-corrected chi connectivity index (χ4v) is 7.02. The van der Waals surface area contributed by atoms with Crippen LogP contribution in [-0.2, 0) is 4.79 Å². The van der Waals surface area contributed by atoms with Gasteiger partial charge in [-0.3, -0.25) is 4.79 Å². The van der Waals surface area contributed by atoms with Gasteiger partial charge >= 0.3 is 0 Å². The summed E-state index contributed by atoms with van der Waals surface area (Å²) in [5.74, 6) is -0.103. The molecule has 0 aliphatic rings. The highest BCUT2D eigenvalue weighted by Gasteiger charge is 2.17. The zero-order valence-corrected chi connectivity index (χ0v) is 41.9. The van der Waals surface area contributed by atoms with E-state index in [1.54, 1.807) is 6.08 Å². The largest absolute Gasteiger partial charge is 0.394 e. The highest BCUT2D eigenvalue weighted by molar-refractivity contribution is 5.76. The molecular weight excluding hydrogens is 795 g/mol. The Morgan fingerprint density at radius 1 is 0.385 bits per heavy atom. The van der Waals surface area contributed by atoms with Crippen molar-refractivity contribution >= 4 is 5.91 Å². The number of hydrogen-bond donors (Lipinski definition) is 3. The second-order valence-electron chi connectivity index (χ2n) is 17.2. The van der Waals surface area contributed by atoms with Gasteiger partial charge in [0.2, 0.25) is 5.91 Å². The molecule has 3 N–H and O–H groups in total. The number of amides is 1. The zero-order chi connectivity index (χ0) is 47.0. The van der Waals surface area contributed by atoms with Crippen molar-refractivity contribution < 1.29 is 15.0 Å². The van der Waals surface area contributed by atoms with E-state index in [9.17, 15) is 15.0 Å². The number of hydrogen-bond acceptors (Lipinski definition) is 3. The molecule has 366 valence electrons. The molecule has 0 radical (unpaired) electrons. The van der Waals surface area contributed by atoms with Crippen LogP contribution >= 0.6 is 0 Å². The Balaban J connectivity index is 3.74. The van der Waals surface area contributed by atoms with Crippen molar-refractivity contribution in [1.82, 2.24) is 5.32 Å². The zero-order valence-electron chi connectivity index (χ0n) is 41.9. The van der Waals surface area contributed by atoms with E-state index in [4.69, 9.17) is 0 Å². The fraction of sp³-hybridized carbons (Fsp3) is 0.590. The topological polar surface area (TPSA) is 69.6 Å². The van der Waals surface area contributed by atoms with E-state index >= 15 is 0 Å². The molecule has 0 bridgehead atoms. The van der Waals surface area contributed by atoms with Crippen LogP contribution in [-0.4, -0.2) is 34.9 Å². The van der Waals surface area contributed by atoms with E-state index < -0.39 is 12.1 Å². The van der Waals surface area contributed by atoms with Crippen LogP contribution in [0.1, 0.15) is 213 Å². The van der Waals surface area contributed by atoms with Gasteiger partial charge in [0.1, 0.15) is 0 Å². The lowest BCUT2D eigenvalue weighted by Gasteiger charge is -2.19. The number of allylic oxidation sites excluding steroid dienone is 23. The molecule has 0 aromatic rings. The molecule has 0 aliphatic heterocycles. The molecular formula is C61H99NO3. The highest BCUT2D eigenvalue weighted by Crippen LogP contribution is 2.12. The van der Waals surface area contributed by atoms with Crippen LogP contribution in [0.2, 0.25) is 0 Å². The highest BCUT2D eigenvalue weighted by atomic mass is 16.3. The van der Waals surface area contributed by atoms with E-state index in [0.29, 0.717) is 6.42 Å². The maximum absolute atomic E-state index is 12.4. The van der Waals surface area contributed by atoms with Gasteiger partial charge in [-0.2, -0.15) is 0 Å². The molecule has 2 unspecified atom stereocenters. The first-order valence-corrected chi connectivity index (χ1v) is 26.5. The first kappa shape index (κ1) is 61.3. The minimum Gasteiger partial charge on any atom is -0.394 e. The summed E-state index contributed by atoms with van der Waals surface area (Å²) in [5.41, 5.74) is 0. The number of rotatable bonds is 46. The van der Waals surface area contributed by atoms with Gasteiger partial charge in [0.05, 0.1) is 18.8 Å². The van der Waals surface area contributed by atoms with E-state index in [-0.39, 0.29) is 12.5 Å². The summed E-state index contributed by atoms with van der Waals surface area (Å²) in [6, 6.07) is -0.668. The predicted octanol–water partition coefficient (Wildman–Crippen LogP) is 17.6. The predicted molar refractivity (Wildman–Crippen MR) is 289 cm³/mol. The third-order valence-corrected chi connectivity index (χ3v) is 11.0.